The summed E-state index contributed by atoms with van der Waals surface area (Å²) in [5.74, 6) is -1.11. The van der Waals surface area contributed by atoms with Crippen LogP contribution in [0.15, 0.2) is 23.1 Å². The first-order valence-electron chi connectivity index (χ1n) is 7.03. The molecule has 7 nitrogen and oxygen atoms in total. The maximum Gasteiger partial charge on any atom is 0.243 e. The van der Waals surface area contributed by atoms with Crippen LogP contribution in [-0.2, 0) is 20.0 Å². The van der Waals surface area contributed by atoms with Gasteiger partial charge in [0.05, 0.1) is 16.3 Å². The lowest BCUT2D eigenvalue weighted by molar-refractivity contribution is 0.394. The molecule has 1 rings (SSSR count). The zero-order valence-electron chi connectivity index (χ0n) is 13.7. The summed E-state index contributed by atoms with van der Waals surface area (Å²) in [5, 5.41) is 0. The van der Waals surface area contributed by atoms with Crippen molar-refractivity contribution in [2.45, 2.75) is 31.2 Å². The molecule has 0 saturated heterocycles. The Balaban J connectivity index is 0.00000529. The van der Waals surface area contributed by atoms with Crippen LogP contribution in [0.3, 0.4) is 0 Å². The number of hydrogen-bond acceptors (Lipinski definition) is 5. The van der Waals surface area contributed by atoms with Gasteiger partial charge in [-0.15, -0.1) is 12.4 Å². The number of anilines is 1. The van der Waals surface area contributed by atoms with Gasteiger partial charge in [0.1, 0.15) is 5.82 Å². The van der Waals surface area contributed by atoms with Gasteiger partial charge in [-0.3, -0.25) is 4.72 Å². The molecule has 0 fully saturated rings. The number of hydrogen-bond donors (Lipinski definition) is 2. The molecule has 0 radical (unpaired) electrons. The monoisotopic (exact) mass is 403 g/mol. The molecule has 3 N–H and O–H groups in total. The molecule has 0 aliphatic carbocycles. The topological polar surface area (TPSA) is 110 Å². The quantitative estimate of drug-likeness (QED) is 0.681. The summed E-state index contributed by atoms with van der Waals surface area (Å²) in [5.41, 5.74) is 5.16. The van der Waals surface area contributed by atoms with E-state index in [4.69, 9.17) is 5.73 Å². The number of nitrogens with two attached hydrogens (primary N) is 1. The van der Waals surface area contributed by atoms with Crippen molar-refractivity contribution in [3.05, 3.63) is 24.0 Å². The fourth-order valence-corrected chi connectivity index (χ4v) is 4.30. The Morgan fingerprint density at radius 3 is 2.33 bits per heavy atom. The Morgan fingerprint density at radius 2 is 1.88 bits per heavy atom. The van der Waals surface area contributed by atoms with Crippen molar-refractivity contribution in [3.8, 4) is 0 Å². The van der Waals surface area contributed by atoms with Gasteiger partial charge in [-0.1, -0.05) is 6.92 Å². The molecule has 11 heteroatoms. The van der Waals surface area contributed by atoms with Crippen molar-refractivity contribution >= 4 is 38.1 Å². The molecule has 0 aliphatic rings. The zero-order valence-corrected chi connectivity index (χ0v) is 16.1. The van der Waals surface area contributed by atoms with E-state index in [0.717, 1.165) is 22.5 Å². The van der Waals surface area contributed by atoms with Crippen LogP contribution in [0.5, 0.6) is 0 Å². The number of rotatable bonds is 8. The lowest BCUT2D eigenvalue weighted by Gasteiger charge is -2.23. The number of nitrogens with one attached hydrogen (secondary N) is 1. The van der Waals surface area contributed by atoms with Crippen molar-refractivity contribution < 1.29 is 21.2 Å². The third-order valence-electron chi connectivity index (χ3n) is 3.32. The molecule has 0 heterocycles. The third kappa shape index (κ3) is 5.55. The molecule has 0 bridgehead atoms. The number of halogens is 2. The van der Waals surface area contributed by atoms with Crippen LogP contribution in [0.2, 0.25) is 0 Å². The van der Waals surface area contributed by atoms with Gasteiger partial charge < -0.3 is 5.73 Å². The van der Waals surface area contributed by atoms with Gasteiger partial charge in [-0.05, 0) is 31.5 Å². The van der Waals surface area contributed by atoms with Gasteiger partial charge in [0.15, 0.2) is 0 Å². The molecule has 0 aliphatic heterocycles. The first-order valence-corrected chi connectivity index (χ1v) is 10.1. The summed E-state index contributed by atoms with van der Waals surface area (Å²) in [6, 6.07) is 2.59. The lowest BCUT2D eigenvalue weighted by atomic mass is 10.3. The Hall–Kier alpha value is -0.940. The van der Waals surface area contributed by atoms with E-state index < -0.39 is 31.9 Å². The molecular formula is C13H23ClFN3O4S2. The summed E-state index contributed by atoms with van der Waals surface area (Å²) < 4.78 is 65.2. The van der Waals surface area contributed by atoms with Crippen molar-refractivity contribution in [3.63, 3.8) is 0 Å². The summed E-state index contributed by atoms with van der Waals surface area (Å²) in [7, 11) is -6.21. The molecule has 0 amide bonds. The van der Waals surface area contributed by atoms with Gasteiger partial charge in [0.2, 0.25) is 20.0 Å². The predicted octanol–water partition coefficient (Wildman–Crippen LogP) is 1.37. The molecule has 1 aromatic rings. The highest BCUT2D eigenvalue weighted by Gasteiger charge is 2.26. The normalized spacial score (nSPS) is 13.4. The summed E-state index contributed by atoms with van der Waals surface area (Å²) >= 11 is 0. The molecule has 1 atom stereocenters. The van der Waals surface area contributed by atoms with Crippen LogP contribution in [0.4, 0.5) is 10.1 Å². The predicted molar refractivity (Wildman–Crippen MR) is 94.8 cm³/mol. The molecular weight excluding hydrogens is 381 g/mol. The maximum atomic E-state index is 14.1. The SMILES string of the molecule is CCCS(=O)(=O)Nc1ccc(S(=O)(=O)N(C)C(C)CN)cc1F.Cl. The van der Waals surface area contributed by atoms with E-state index >= 15 is 0 Å². The molecule has 1 unspecified atom stereocenters. The third-order valence-corrected chi connectivity index (χ3v) is 6.76. The van der Waals surface area contributed by atoms with Crippen LogP contribution in [0.25, 0.3) is 0 Å². The summed E-state index contributed by atoms with van der Waals surface area (Å²) in [4.78, 5) is -0.267. The molecule has 24 heavy (non-hydrogen) atoms. The average Bonchev–Trinajstić information content (AvgIpc) is 2.47. The second-order valence-corrected chi connectivity index (χ2v) is 9.01. The van der Waals surface area contributed by atoms with Crippen LogP contribution in [-0.4, -0.2) is 46.5 Å². The number of nitrogens with zero attached hydrogens (tertiary/aromatic N) is 1. The van der Waals surface area contributed by atoms with E-state index in [9.17, 15) is 21.2 Å². The van der Waals surface area contributed by atoms with Crippen molar-refractivity contribution in [1.82, 2.24) is 4.31 Å². The van der Waals surface area contributed by atoms with E-state index in [-0.39, 0.29) is 35.3 Å². The Morgan fingerprint density at radius 1 is 1.29 bits per heavy atom. The van der Waals surface area contributed by atoms with Crippen LogP contribution >= 0.6 is 12.4 Å². The van der Waals surface area contributed by atoms with Gasteiger partial charge in [-0.2, -0.15) is 4.31 Å². The van der Waals surface area contributed by atoms with Gasteiger partial charge in [-0.25, -0.2) is 21.2 Å². The minimum atomic E-state index is -3.91. The molecule has 0 saturated carbocycles. The van der Waals surface area contributed by atoms with E-state index in [1.54, 1.807) is 13.8 Å². The molecule has 1 aromatic carbocycles. The van der Waals surface area contributed by atoms with Crippen molar-refractivity contribution in [1.29, 1.82) is 0 Å². The van der Waals surface area contributed by atoms with Crippen molar-refractivity contribution in [2.75, 3.05) is 24.1 Å². The molecule has 0 aromatic heterocycles. The Kier molecular flexibility index (Phi) is 8.60. The van der Waals surface area contributed by atoms with E-state index in [1.165, 1.54) is 7.05 Å². The van der Waals surface area contributed by atoms with Gasteiger partial charge >= 0.3 is 0 Å². The maximum absolute atomic E-state index is 14.1. The number of likely N-dealkylation sites (N-methyl/N-ethyl adjacent to an activating group) is 1. The Labute approximate surface area is 148 Å². The highest BCUT2D eigenvalue weighted by atomic mass is 35.5. The number of benzene rings is 1. The van der Waals surface area contributed by atoms with Crippen molar-refractivity contribution in [2.24, 2.45) is 5.73 Å². The summed E-state index contributed by atoms with van der Waals surface area (Å²) in [6.45, 7) is 3.42. The molecule has 140 valence electrons. The van der Waals surface area contributed by atoms with E-state index in [1.807, 2.05) is 0 Å². The standard InChI is InChI=1S/C13H22FN3O4S2.ClH/c1-4-7-22(18,19)16-13-6-5-11(8-12(13)14)23(20,21)17(3)10(2)9-15;/h5-6,8,10,16H,4,7,9,15H2,1-3H3;1H. The fraction of sp³-hybridized carbons (Fsp3) is 0.538. The van der Waals surface area contributed by atoms with Crippen LogP contribution in [0.1, 0.15) is 20.3 Å². The van der Waals surface area contributed by atoms with Crippen LogP contribution in [0, 0.1) is 5.82 Å². The largest absolute Gasteiger partial charge is 0.329 e. The average molecular weight is 404 g/mol. The van der Waals surface area contributed by atoms with Gasteiger partial charge in [0, 0.05) is 19.6 Å². The highest BCUT2D eigenvalue weighted by Crippen LogP contribution is 2.23. The second-order valence-electron chi connectivity index (χ2n) is 5.17. The first-order chi connectivity index (χ1) is 10.5. The summed E-state index contributed by atoms with van der Waals surface area (Å²) in [6.07, 6.45) is 0.380. The van der Waals surface area contributed by atoms with Gasteiger partial charge in [0.25, 0.3) is 0 Å². The molecule has 0 spiro atoms. The first kappa shape index (κ1) is 23.1. The van der Waals surface area contributed by atoms with Crippen LogP contribution < -0.4 is 10.5 Å². The minimum Gasteiger partial charge on any atom is -0.329 e. The zero-order chi connectivity index (χ0) is 17.8. The number of sulfonamides is 2. The fourth-order valence-electron chi connectivity index (χ4n) is 1.78. The minimum absolute atomic E-state index is 0. The Bertz CT molecular complexity index is 756. The lowest BCUT2D eigenvalue weighted by Crippen LogP contribution is -2.39. The smallest absolute Gasteiger partial charge is 0.243 e. The van der Waals surface area contributed by atoms with E-state index in [2.05, 4.69) is 4.72 Å². The van der Waals surface area contributed by atoms with E-state index in [0.29, 0.717) is 6.42 Å². The highest BCUT2D eigenvalue weighted by molar-refractivity contribution is 7.92. The second kappa shape index (κ2) is 8.95.